The lowest BCUT2D eigenvalue weighted by molar-refractivity contribution is 0.0982. The summed E-state index contributed by atoms with van der Waals surface area (Å²) in [6.07, 6.45) is 1.46. The van der Waals surface area contributed by atoms with Gasteiger partial charge in [0, 0.05) is 18.3 Å². The van der Waals surface area contributed by atoms with Crippen molar-refractivity contribution in [2.75, 3.05) is 11.4 Å². The molecule has 0 fully saturated rings. The number of phenols is 2. The lowest BCUT2D eigenvalue weighted by Gasteiger charge is -2.29. The fraction of sp³-hybridized carbons (Fsp3) is 0.188. The Morgan fingerprint density at radius 3 is 2.71 bits per heavy atom. The first-order valence-electron chi connectivity index (χ1n) is 6.68. The van der Waals surface area contributed by atoms with Crippen LogP contribution in [0.25, 0.3) is 0 Å². The maximum absolute atomic E-state index is 13.3. The summed E-state index contributed by atoms with van der Waals surface area (Å²) in [7, 11) is 0. The Morgan fingerprint density at radius 2 is 1.95 bits per heavy atom. The number of nitrogens with zero attached hydrogens (tertiary/aromatic N) is 1. The number of amides is 1. The van der Waals surface area contributed by atoms with Gasteiger partial charge < -0.3 is 15.1 Å². The number of fused-ring (bicyclic) bond motifs is 1. The molecule has 108 valence electrons. The minimum atomic E-state index is -0.361. The molecule has 2 N–H and O–H groups in total. The van der Waals surface area contributed by atoms with Crippen LogP contribution in [0.4, 0.5) is 10.1 Å². The quantitative estimate of drug-likeness (QED) is 0.848. The highest BCUT2D eigenvalue weighted by molar-refractivity contribution is 6.08. The lowest BCUT2D eigenvalue weighted by Crippen LogP contribution is -2.35. The van der Waals surface area contributed by atoms with Crippen LogP contribution in [-0.4, -0.2) is 22.7 Å². The molecule has 1 aliphatic heterocycles. The monoisotopic (exact) mass is 287 g/mol. The van der Waals surface area contributed by atoms with E-state index in [1.165, 1.54) is 29.2 Å². The molecular weight excluding hydrogens is 273 g/mol. The number of aryl methyl sites for hydroxylation is 1. The highest BCUT2D eigenvalue weighted by Crippen LogP contribution is 2.31. The Bertz CT molecular complexity index is 715. The Balaban J connectivity index is 2.00. The molecule has 0 atom stereocenters. The van der Waals surface area contributed by atoms with Crippen molar-refractivity contribution in [2.24, 2.45) is 0 Å². The van der Waals surface area contributed by atoms with Crippen LogP contribution in [0.15, 0.2) is 36.4 Å². The van der Waals surface area contributed by atoms with Crippen LogP contribution >= 0.6 is 0 Å². The summed E-state index contributed by atoms with van der Waals surface area (Å²) in [6.45, 7) is 0.512. The van der Waals surface area contributed by atoms with Gasteiger partial charge in [0.15, 0.2) is 0 Å². The topological polar surface area (TPSA) is 60.8 Å². The second-order valence-electron chi connectivity index (χ2n) is 5.03. The predicted molar refractivity (Wildman–Crippen MR) is 76.2 cm³/mol. The normalized spacial score (nSPS) is 13.9. The lowest BCUT2D eigenvalue weighted by atomic mass is 10.0. The van der Waals surface area contributed by atoms with Crippen molar-refractivity contribution < 1.29 is 19.4 Å². The first-order valence-corrected chi connectivity index (χ1v) is 6.68. The van der Waals surface area contributed by atoms with Gasteiger partial charge in [0.1, 0.15) is 17.3 Å². The fourth-order valence-corrected chi connectivity index (χ4v) is 2.62. The van der Waals surface area contributed by atoms with Gasteiger partial charge in [-0.05, 0) is 48.7 Å². The number of anilines is 1. The van der Waals surface area contributed by atoms with Crippen molar-refractivity contribution in [3.8, 4) is 11.5 Å². The zero-order valence-corrected chi connectivity index (χ0v) is 11.2. The first kappa shape index (κ1) is 13.4. The van der Waals surface area contributed by atoms with Crippen LogP contribution in [0.5, 0.6) is 11.5 Å². The number of rotatable bonds is 1. The molecule has 1 amide bonds. The highest BCUT2D eigenvalue weighted by atomic mass is 19.1. The first-order chi connectivity index (χ1) is 10.1. The molecule has 1 aliphatic rings. The average molecular weight is 287 g/mol. The number of aromatic hydroxyl groups is 2. The molecule has 1 heterocycles. The smallest absolute Gasteiger partial charge is 0.262 e. The van der Waals surface area contributed by atoms with E-state index in [1.807, 2.05) is 0 Å². The van der Waals surface area contributed by atoms with Gasteiger partial charge in [-0.2, -0.15) is 0 Å². The highest BCUT2D eigenvalue weighted by Gasteiger charge is 2.25. The van der Waals surface area contributed by atoms with Crippen molar-refractivity contribution in [3.63, 3.8) is 0 Å². The molecule has 0 aliphatic carbocycles. The summed E-state index contributed by atoms with van der Waals surface area (Å²) >= 11 is 0. The minimum absolute atomic E-state index is 0.106. The number of benzene rings is 2. The van der Waals surface area contributed by atoms with Gasteiger partial charge in [0.25, 0.3) is 5.91 Å². The molecule has 21 heavy (non-hydrogen) atoms. The molecule has 0 saturated carbocycles. The molecule has 5 heteroatoms. The van der Waals surface area contributed by atoms with E-state index in [9.17, 15) is 19.4 Å². The number of phenolic OH excluding ortho intramolecular Hbond substituents is 2. The summed E-state index contributed by atoms with van der Waals surface area (Å²) in [5.41, 5.74) is 1.57. The molecule has 0 saturated heterocycles. The van der Waals surface area contributed by atoms with Crippen molar-refractivity contribution >= 4 is 11.6 Å². The number of carbonyl (C=O) groups is 1. The molecule has 4 nitrogen and oxygen atoms in total. The molecule has 0 radical (unpaired) electrons. The van der Waals surface area contributed by atoms with Gasteiger partial charge >= 0.3 is 0 Å². The van der Waals surface area contributed by atoms with Gasteiger partial charge in [0.2, 0.25) is 0 Å². The summed E-state index contributed by atoms with van der Waals surface area (Å²) in [5, 5.41) is 19.1. The van der Waals surface area contributed by atoms with E-state index in [0.29, 0.717) is 12.2 Å². The molecule has 2 aromatic rings. The number of hydrogen-bond donors (Lipinski definition) is 2. The molecule has 0 aromatic heterocycles. The summed E-state index contributed by atoms with van der Waals surface area (Å²) in [6, 6.07) is 8.20. The third-order valence-electron chi connectivity index (χ3n) is 3.62. The van der Waals surface area contributed by atoms with E-state index in [-0.39, 0.29) is 28.8 Å². The van der Waals surface area contributed by atoms with E-state index >= 15 is 0 Å². The van der Waals surface area contributed by atoms with Crippen LogP contribution in [0.1, 0.15) is 22.3 Å². The molecule has 2 aromatic carbocycles. The SMILES string of the molecule is O=C(c1ccc(O)cc1O)N1CCCc2cc(F)ccc21. The number of hydrogen-bond acceptors (Lipinski definition) is 3. The van der Waals surface area contributed by atoms with E-state index in [1.54, 1.807) is 6.07 Å². The number of carbonyl (C=O) groups excluding carboxylic acids is 1. The van der Waals surface area contributed by atoms with Crippen molar-refractivity contribution in [2.45, 2.75) is 12.8 Å². The van der Waals surface area contributed by atoms with Crippen molar-refractivity contribution in [3.05, 3.63) is 53.3 Å². The average Bonchev–Trinajstić information content (AvgIpc) is 2.45. The van der Waals surface area contributed by atoms with Crippen LogP contribution in [-0.2, 0) is 6.42 Å². The minimum Gasteiger partial charge on any atom is -0.508 e. The van der Waals surface area contributed by atoms with Crippen LogP contribution in [0.2, 0.25) is 0 Å². The summed E-state index contributed by atoms with van der Waals surface area (Å²) in [5.74, 6) is -1.06. The summed E-state index contributed by atoms with van der Waals surface area (Å²) < 4.78 is 13.3. The maximum Gasteiger partial charge on any atom is 0.262 e. The Hall–Kier alpha value is -2.56. The largest absolute Gasteiger partial charge is 0.508 e. The van der Waals surface area contributed by atoms with E-state index in [2.05, 4.69) is 0 Å². The van der Waals surface area contributed by atoms with Crippen LogP contribution < -0.4 is 4.90 Å². The zero-order valence-electron chi connectivity index (χ0n) is 11.2. The Kier molecular flexibility index (Phi) is 3.25. The molecule has 0 unspecified atom stereocenters. The molecule has 3 rings (SSSR count). The van der Waals surface area contributed by atoms with Crippen molar-refractivity contribution in [1.29, 1.82) is 0 Å². The van der Waals surface area contributed by atoms with Gasteiger partial charge in [-0.25, -0.2) is 4.39 Å². The third-order valence-corrected chi connectivity index (χ3v) is 3.62. The third kappa shape index (κ3) is 2.42. The van der Waals surface area contributed by atoms with E-state index in [0.717, 1.165) is 24.5 Å². The van der Waals surface area contributed by atoms with Gasteiger partial charge in [0.05, 0.1) is 5.56 Å². The Morgan fingerprint density at radius 1 is 1.14 bits per heavy atom. The molecule has 0 spiro atoms. The Labute approximate surface area is 121 Å². The number of halogens is 1. The maximum atomic E-state index is 13.3. The van der Waals surface area contributed by atoms with E-state index < -0.39 is 0 Å². The molecular formula is C16H14FNO3. The standard InChI is InChI=1S/C16H14FNO3/c17-11-3-6-14-10(8-11)2-1-7-18(14)16(21)13-5-4-12(19)9-15(13)20/h3-6,8-9,19-20H,1-2,7H2. The zero-order chi connectivity index (χ0) is 15.0. The van der Waals surface area contributed by atoms with Crippen LogP contribution in [0, 0.1) is 5.82 Å². The van der Waals surface area contributed by atoms with Gasteiger partial charge in [-0.3, -0.25) is 4.79 Å². The molecule has 0 bridgehead atoms. The van der Waals surface area contributed by atoms with Gasteiger partial charge in [-0.1, -0.05) is 0 Å². The van der Waals surface area contributed by atoms with Crippen LogP contribution in [0.3, 0.4) is 0 Å². The van der Waals surface area contributed by atoms with Crippen molar-refractivity contribution in [1.82, 2.24) is 0 Å². The predicted octanol–water partition coefficient (Wildman–Crippen LogP) is 2.83. The van der Waals surface area contributed by atoms with E-state index in [4.69, 9.17) is 0 Å². The second-order valence-corrected chi connectivity index (χ2v) is 5.03. The summed E-state index contributed by atoms with van der Waals surface area (Å²) in [4.78, 5) is 14.1. The van der Waals surface area contributed by atoms with Gasteiger partial charge in [-0.15, -0.1) is 0 Å². The fourth-order valence-electron chi connectivity index (χ4n) is 2.62. The second kappa shape index (κ2) is 5.09.